The van der Waals surface area contributed by atoms with Gasteiger partial charge in [-0.2, -0.15) is 0 Å². The third-order valence-corrected chi connectivity index (χ3v) is 11.7. The van der Waals surface area contributed by atoms with Gasteiger partial charge in [-0.25, -0.2) is 9.59 Å². The highest BCUT2D eigenvalue weighted by Crippen LogP contribution is 2.20. The minimum atomic E-state index is -0.559. The van der Waals surface area contributed by atoms with Gasteiger partial charge in [0.05, 0.1) is 19.6 Å². The van der Waals surface area contributed by atoms with Gasteiger partial charge < -0.3 is 18.9 Å². The summed E-state index contributed by atoms with van der Waals surface area (Å²) >= 11 is 0. The van der Waals surface area contributed by atoms with Crippen molar-refractivity contribution in [2.75, 3.05) is 13.2 Å². The van der Waals surface area contributed by atoms with E-state index in [1.807, 2.05) is 48.5 Å². The standard InChI is InChI=1S/C59H76O8/c1-3-5-7-9-11-13-15-17-19-21-23-45-64-52-35-25-48(26-36-52)29-43-58(62)66-54-39-31-50(32-40-54)56(60)47-57(61)51-33-41-55(42-34-51)67-59(63)44-30-49-27-37-53(38-28-49)65-46-24-22-20-18-16-14-12-10-8-6-4-2/h25-44H,3-24,45-47H2,1-2H3/b43-29+,44-30+. The summed E-state index contributed by atoms with van der Waals surface area (Å²) in [6.07, 6.45) is 34.2. The summed E-state index contributed by atoms with van der Waals surface area (Å²) in [6.45, 7) is 5.90. The van der Waals surface area contributed by atoms with Crippen molar-refractivity contribution in [3.8, 4) is 23.0 Å². The number of hydrogen-bond donors (Lipinski definition) is 0. The summed E-state index contributed by atoms with van der Waals surface area (Å²) in [7, 11) is 0. The lowest BCUT2D eigenvalue weighted by Crippen LogP contribution is -2.09. The molecule has 0 spiro atoms. The van der Waals surface area contributed by atoms with Crippen LogP contribution in [0.1, 0.15) is 193 Å². The molecule has 8 nitrogen and oxygen atoms in total. The maximum absolute atomic E-state index is 12.9. The molecular formula is C59H76O8. The Labute approximate surface area is 401 Å². The van der Waals surface area contributed by atoms with Crippen LogP contribution >= 0.6 is 0 Å². The van der Waals surface area contributed by atoms with E-state index in [0.29, 0.717) is 24.3 Å². The molecule has 0 bridgehead atoms. The molecule has 0 aliphatic rings. The lowest BCUT2D eigenvalue weighted by atomic mass is 10.0. The van der Waals surface area contributed by atoms with E-state index in [1.165, 1.54) is 189 Å². The molecule has 360 valence electrons. The van der Waals surface area contributed by atoms with E-state index in [9.17, 15) is 19.2 Å². The monoisotopic (exact) mass is 913 g/mol. The molecule has 0 aliphatic heterocycles. The quantitative estimate of drug-likeness (QED) is 0.0111. The van der Waals surface area contributed by atoms with Crippen LogP contribution in [0.4, 0.5) is 0 Å². The first-order valence-corrected chi connectivity index (χ1v) is 25.3. The molecule has 4 aromatic rings. The Morgan fingerprint density at radius 3 is 0.955 bits per heavy atom. The highest BCUT2D eigenvalue weighted by atomic mass is 16.5. The van der Waals surface area contributed by atoms with E-state index in [-0.39, 0.29) is 29.5 Å². The molecule has 4 rings (SSSR count). The summed E-state index contributed by atoms with van der Waals surface area (Å²) in [5.41, 5.74) is 2.30. The minimum absolute atomic E-state index is 0.274. The van der Waals surface area contributed by atoms with Gasteiger partial charge in [-0.3, -0.25) is 9.59 Å². The number of carbonyl (C=O) groups is 4. The maximum atomic E-state index is 12.9. The summed E-state index contributed by atoms with van der Waals surface area (Å²) in [5, 5.41) is 0. The molecule has 4 aromatic carbocycles. The molecule has 0 heterocycles. The molecule has 8 heteroatoms. The Morgan fingerprint density at radius 2 is 0.642 bits per heavy atom. The van der Waals surface area contributed by atoms with Gasteiger partial charge in [0, 0.05) is 23.3 Å². The van der Waals surface area contributed by atoms with Crippen LogP contribution in [0.2, 0.25) is 0 Å². The molecule has 0 saturated heterocycles. The molecule has 0 aromatic heterocycles. The van der Waals surface area contributed by atoms with E-state index in [1.54, 1.807) is 12.2 Å². The van der Waals surface area contributed by atoms with E-state index >= 15 is 0 Å². The van der Waals surface area contributed by atoms with Crippen LogP contribution in [0.25, 0.3) is 12.2 Å². The first-order valence-electron chi connectivity index (χ1n) is 25.3. The second kappa shape index (κ2) is 33.7. The number of ketones is 2. The Hall–Kier alpha value is -5.76. The Balaban J connectivity index is 1.07. The lowest BCUT2D eigenvalue weighted by Gasteiger charge is -2.07. The highest BCUT2D eigenvalue weighted by Gasteiger charge is 2.15. The number of ether oxygens (including phenoxy) is 4. The summed E-state index contributed by atoms with van der Waals surface area (Å²) in [6, 6.07) is 27.3. The molecule has 0 aliphatic carbocycles. The number of benzene rings is 4. The van der Waals surface area contributed by atoms with Crippen molar-refractivity contribution in [3.63, 3.8) is 0 Å². The molecule has 0 unspecified atom stereocenters. The topological polar surface area (TPSA) is 105 Å². The third-order valence-electron chi connectivity index (χ3n) is 11.7. The van der Waals surface area contributed by atoms with Crippen LogP contribution in [0.3, 0.4) is 0 Å². The van der Waals surface area contributed by atoms with Gasteiger partial charge in [0.15, 0.2) is 11.6 Å². The molecule has 0 saturated carbocycles. The summed E-state index contributed by atoms with van der Waals surface area (Å²) < 4.78 is 22.6. The molecule has 0 atom stereocenters. The number of esters is 2. The van der Waals surface area contributed by atoms with Crippen molar-refractivity contribution >= 4 is 35.7 Å². The average Bonchev–Trinajstić information content (AvgIpc) is 3.34. The predicted molar refractivity (Wildman–Crippen MR) is 272 cm³/mol. The Morgan fingerprint density at radius 1 is 0.358 bits per heavy atom. The van der Waals surface area contributed by atoms with E-state index in [2.05, 4.69) is 13.8 Å². The fourth-order valence-electron chi connectivity index (χ4n) is 7.66. The van der Waals surface area contributed by atoms with E-state index < -0.39 is 11.9 Å². The second-order valence-electron chi connectivity index (χ2n) is 17.5. The first kappa shape index (κ1) is 53.9. The SMILES string of the molecule is CCCCCCCCCCCCCOc1ccc(/C=C/C(=O)Oc2ccc(C(=O)CC(=O)c3ccc(OC(=O)/C=C/c4ccc(OCCCCCCCCCCCCC)cc4)cc3)cc2)cc1. The molecular weight excluding hydrogens is 837 g/mol. The van der Waals surface area contributed by atoms with Crippen LogP contribution < -0.4 is 18.9 Å². The Kier molecular flexibility index (Phi) is 27.1. The third kappa shape index (κ3) is 24.0. The van der Waals surface area contributed by atoms with Gasteiger partial charge in [0.1, 0.15) is 23.0 Å². The number of unbranched alkanes of at least 4 members (excludes halogenated alkanes) is 20. The van der Waals surface area contributed by atoms with Crippen molar-refractivity contribution in [2.24, 2.45) is 0 Å². The molecule has 0 N–H and O–H groups in total. The second-order valence-corrected chi connectivity index (χ2v) is 17.5. The van der Waals surface area contributed by atoms with Gasteiger partial charge in [0.25, 0.3) is 0 Å². The van der Waals surface area contributed by atoms with Crippen LogP contribution in [0.5, 0.6) is 23.0 Å². The van der Waals surface area contributed by atoms with Gasteiger partial charge in [-0.1, -0.05) is 167 Å². The number of Topliss-reactive ketones (excluding diaryl/α,β-unsaturated/α-hetero) is 2. The normalized spacial score (nSPS) is 11.3. The predicted octanol–water partition coefficient (Wildman–Crippen LogP) is 15.8. The zero-order valence-corrected chi connectivity index (χ0v) is 40.5. The van der Waals surface area contributed by atoms with E-state index in [4.69, 9.17) is 18.9 Å². The van der Waals surface area contributed by atoms with Crippen molar-refractivity contribution in [1.82, 2.24) is 0 Å². The molecule has 0 amide bonds. The van der Waals surface area contributed by atoms with Gasteiger partial charge in [-0.15, -0.1) is 0 Å². The average molecular weight is 913 g/mol. The van der Waals surface area contributed by atoms with Crippen LogP contribution in [0.15, 0.2) is 109 Å². The minimum Gasteiger partial charge on any atom is -0.494 e. The fourth-order valence-corrected chi connectivity index (χ4v) is 7.66. The zero-order chi connectivity index (χ0) is 47.6. The maximum Gasteiger partial charge on any atom is 0.336 e. The van der Waals surface area contributed by atoms with Gasteiger partial charge in [0.2, 0.25) is 0 Å². The van der Waals surface area contributed by atoms with Gasteiger partial charge in [-0.05, 0) is 109 Å². The number of hydrogen-bond acceptors (Lipinski definition) is 8. The van der Waals surface area contributed by atoms with E-state index in [0.717, 1.165) is 35.5 Å². The molecule has 0 radical (unpaired) electrons. The van der Waals surface area contributed by atoms with Crippen molar-refractivity contribution in [3.05, 3.63) is 131 Å². The fraction of sp³-hybridized carbons (Fsp3) is 0.458. The summed E-state index contributed by atoms with van der Waals surface area (Å²) in [4.78, 5) is 50.9. The molecule has 67 heavy (non-hydrogen) atoms. The smallest absolute Gasteiger partial charge is 0.336 e. The number of rotatable bonds is 36. The highest BCUT2D eigenvalue weighted by molar-refractivity contribution is 6.13. The van der Waals surface area contributed by atoms with Crippen LogP contribution in [0, 0.1) is 0 Å². The van der Waals surface area contributed by atoms with Gasteiger partial charge >= 0.3 is 11.9 Å². The van der Waals surface area contributed by atoms with Crippen LogP contribution in [-0.4, -0.2) is 36.7 Å². The van der Waals surface area contributed by atoms with Crippen molar-refractivity contribution < 1.29 is 38.1 Å². The first-order chi connectivity index (χ1) is 32.8. The van der Waals surface area contributed by atoms with Crippen molar-refractivity contribution in [1.29, 1.82) is 0 Å². The lowest BCUT2D eigenvalue weighted by molar-refractivity contribution is -0.129. The van der Waals surface area contributed by atoms with Crippen molar-refractivity contribution in [2.45, 2.75) is 162 Å². The Bertz CT molecular complexity index is 1900. The largest absolute Gasteiger partial charge is 0.494 e. The van der Waals surface area contributed by atoms with Crippen LogP contribution in [-0.2, 0) is 9.59 Å². The zero-order valence-electron chi connectivity index (χ0n) is 40.5. The summed E-state index contributed by atoms with van der Waals surface area (Å²) in [5.74, 6) is 0.284. The number of carbonyl (C=O) groups excluding carboxylic acids is 4. The molecule has 0 fully saturated rings.